The van der Waals surface area contributed by atoms with Gasteiger partial charge in [0.15, 0.2) is 5.78 Å². The molecule has 126 valence electrons. The van der Waals surface area contributed by atoms with Crippen molar-refractivity contribution in [2.75, 3.05) is 7.11 Å². The zero-order valence-electron chi connectivity index (χ0n) is 14.1. The van der Waals surface area contributed by atoms with E-state index in [0.717, 1.165) is 0 Å². The molecule has 0 saturated carbocycles. The van der Waals surface area contributed by atoms with Gasteiger partial charge in [0.05, 0.1) is 7.11 Å². The zero-order chi connectivity index (χ0) is 17.7. The summed E-state index contributed by atoms with van der Waals surface area (Å²) in [6, 6.07) is 25.5. The maximum atomic E-state index is 12.7. The number of ether oxygens (including phenoxy) is 1. The Balaban J connectivity index is 2.01. The third-order valence-corrected chi connectivity index (χ3v) is 4.33. The Bertz CT molecular complexity index is 826. The predicted octanol–water partition coefficient (Wildman–Crippen LogP) is 4.20. The summed E-state index contributed by atoms with van der Waals surface area (Å²) in [5.74, 6) is 0.594. The number of Topliss-reactive ketones (excluding diaryl/α,β-unsaturated/α-hetero) is 1. The minimum Gasteiger partial charge on any atom is -0.497 e. The summed E-state index contributed by atoms with van der Waals surface area (Å²) in [7, 11) is 1.59. The molecule has 0 aliphatic rings. The van der Waals surface area contributed by atoms with Gasteiger partial charge in [0, 0.05) is 12.0 Å². The minimum atomic E-state index is -1.40. The quantitative estimate of drug-likeness (QED) is 0.688. The van der Waals surface area contributed by atoms with Gasteiger partial charge in [-0.2, -0.15) is 0 Å². The number of hydrogen-bond acceptors (Lipinski definition) is 3. The van der Waals surface area contributed by atoms with Crippen molar-refractivity contribution >= 4 is 5.78 Å². The molecule has 3 nitrogen and oxygen atoms in total. The lowest BCUT2D eigenvalue weighted by atomic mass is 9.81. The summed E-state index contributed by atoms with van der Waals surface area (Å²) in [6.45, 7) is 0. The third-order valence-electron chi connectivity index (χ3n) is 4.33. The van der Waals surface area contributed by atoms with Crippen molar-refractivity contribution in [2.24, 2.45) is 0 Å². The Hall–Kier alpha value is -2.91. The van der Waals surface area contributed by atoms with Crippen LogP contribution in [0.2, 0.25) is 0 Å². The first kappa shape index (κ1) is 16.9. The van der Waals surface area contributed by atoms with Gasteiger partial charge < -0.3 is 9.84 Å². The van der Waals surface area contributed by atoms with Gasteiger partial charge in [-0.3, -0.25) is 4.79 Å². The van der Waals surface area contributed by atoms with Crippen molar-refractivity contribution in [3.63, 3.8) is 0 Å². The summed E-state index contributed by atoms with van der Waals surface area (Å²) in [5, 5.41) is 11.5. The highest BCUT2D eigenvalue weighted by Crippen LogP contribution is 2.35. The molecule has 0 fully saturated rings. The maximum Gasteiger partial charge on any atom is 0.166 e. The van der Waals surface area contributed by atoms with Gasteiger partial charge in [0.25, 0.3) is 0 Å². The number of aliphatic hydroxyl groups is 1. The van der Waals surface area contributed by atoms with E-state index in [1.54, 1.807) is 43.5 Å². The summed E-state index contributed by atoms with van der Waals surface area (Å²) < 4.78 is 5.19. The Labute approximate surface area is 147 Å². The number of hydrogen-bond donors (Lipinski definition) is 1. The molecular formula is C22H20O3. The fraction of sp³-hybridized carbons (Fsp3) is 0.136. The van der Waals surface area contributed by atoms with Crippen LogP contribution in [0.4, 0.5) is 0 Å². The first-order valence-electron chi connectivity index (χ1n) is 8.14. The van der Waals surface area contributed by atoms with Gasteiger partial charge in [-0.15, -0.1) is 0 Å². The topological polar surface area (TPSA) is 46.5 Å². The lowest BCUT2D eigenvalue weighted by molar-refractivity contribution is 0.0583. The molecule has 0 aliphatic carbocycles. The molecule has 3 heteroatoms. The Morgan fingerprint density at radius 3 is 1.92 bits per heavy atom. The Kier molecular flexibility index (Phi) is 4.96. The number of carbonyl (C=O) groups excluding carboxylic acids is 1. The van der Waals surface area contributed by atoms with Gasteiger partial charge in [-0.05, 0) is 23.3 Å². The number of ketones is 1. The van der Waals surface area contributed by atoms with Crippen LogP contribution < -0.4 is 4.74 Å². The molecule has 1 N–H and O–H groups in total. The van der Waals surface area contributed by atoms with Crippen molar-refractivity contribution in [1.82, 2.24) is 0 Å². The Morgan fingerprint density at radius 2 is 1.36 bits per heavy atom. The molecule has 1 unspecified atom stereocenters. The molecule has 0 aliphatic heterocycles. The molecule has 0 radical (unpaired) electrons. The van der Waals surface area contributed by atoms with Gasteiger partial charge in [0.1, 0.15) is 11.4 Å². The molecular weight excluding hydrogens is 312 g/mol. The highest BCUT2D eigenvalue weighted by atomic mass is 16.5. The van der Waals surface area contributed by atoms with Crippen LogP contribution in [0.15, 0.2) is 84.9 Å². The van der Waals surface area contributed by atoms with E-state index in [9.17, 15) is 9.90 Å². The zero-order valence-corrected chi connectivity index (χ0v) is 14.1. The van der Waals surface area contributed by atoms with E-state index >= 15 is 0 Å². The Morgan fingerprint density at radius 1 is 0.840 bits per heavy atom. The maximum absolute atomic E-state index is 12.7. The van der Waals surface area contributed by atoms with E-state index in [4.69, 9.17) is 4.74 Å². The standard InChI is InChI=1S/C22H20O3/c1-25-20-14-12-19(13-15-20)22(24,18-10-6-3-7-11-18)16-21(23)17-8-4-2-5-9-17/h2-15,24H,16H2,1H3. The van der Waals surface area contributed by atoms with Crippen molar-refractivity contribution in [3.8, 4) is 5.75 Å². The monoisotopic (exact) mass is 332 g/mol. The van der Waals surface area contributed by atoms with E-state index < -0.39 is 5.60 Å². The van der Waals surface area contributed by atoms with Gasteiger partial charge in [-0.25, -0.2) is 0 Å². The van der Waals surface area contributed by atoms with E-state index in [1.807, 2.05) is 48.5 Å². The third kappa shape index (κ3) is 3.62. The molecule has 1 atom stereocenters. The number of carbonyl (C=O) groups is 1. The van der Waals surface area contributed by atoms with Crippen LogP contribution in [0, 0.1) is 0 Å². The second-order valence-corrected chi connectivity index (χ2v) is 5.92. The van der Waals surface area contributed by atoms with Crippen LogP contribution in [-0.2, 0) is 5.60 Å². The second-order valence-electron chi connectivity index (χ2n) is 5.92. The predicted molar refractivity (Wildman–Crippen MR) is 97.8 cm³/mol. The van der Waals surface area contributed by atoms with Crippen LogP contribution in [0.5, 0.6) is 5.75 Å². The lowest BCUT2D eigenvalue weighted by Crippen LogP contribution is -2.30. The second kappa shape index (κ2) is 7.32. The fourth-order valence-corrected chi connectivity index (χ4v) is 2.91. The first-order chi connectivity index (χ1) is 12.1. The smallest absolute Gasteiger partial charge is 0.166 e. The number of rotatable bonds is 6. The van der Waals surface area contributed by atoms with Crippen molar-refractivity contribution < 1.29 is 14.6 Å². The van der Waals surface area contributed by atoms with E-state index in [2.05, 4.69) is 0 Å². The summed E-state index contributed by atoms with van der Waals surface area (Å²) >= 11 is 0. The van der Waals surface area contributed by atoms with E-state index in [-0.39, 0.29) is 12.2 Å². The highest BCUT2D eigenvalue weighted by Gasteiger charge is 2.34. The molecule has 3 rings (SSSR count). The summed E-state index contributed by atoms with van der Waals surface area (Å²) in [4.78, 5) is 12.7. The summed E-state index contributed by atoms with van der Waals surface area (Å²) in [5.41, 5.74) is 0.527. The van der Waals surface area contributed by atoms with Crippen LogP contribution in [-0.4, -0.2) is 18.0 Å². The van der Waals surface area contributed by atoms with E-state index in [1.165, 1.54) is 0 Å². The highest BCUT2D eigenvalue weighted by molar-refractivity contribution is 5.97. The molecule has 3 aromatic rings. The van der Waals surface area contributed by atoms with Crippen molar-refractivity contribution in [2.45, 2.75) is 12.0 Å². The number of benzene rings is 3. The van der Waals surface area contributed by atoms with Gasteiger partial charge >= 0.3 is 0 Å². The SMILES string of the molecule is COc1ccc(C(O)(CC(=O)c2ccccc2)c2ccccc2)cc1. The van der Waals surface area contributed by atoms with Crippen molar-refractivity contribution in [1.29, 1.82) is 0 Å². The fourth-order valence-electron chi connectivity index (χ4n) is 2.91. The first-order valence-corrected chi connectivity index (χ1v) is 8.14. The van der Waals surface area contributed by atoms with Crippen molar-refractivity contribution in [3.05, 3.63) is 102 Å². The van der Waals surface area contributed by atoms with Crippen LogP contribution in [0.25, 0.3) is 0 Å². The average molecular weight is 332 g/mol. The molecule has 0 saturated heterocycles. The molecule has 25 heavy (non-hydrogen) atoms. The largest absolute Gasteiger partial charge is 0.497 e. The lowest BCUT2D eigenvalue weighted by Gasteiger charge is -2.29. The molecule has 0 aromatic heterocycles. The van der Waals surface area contributed by atoms with E-state index in [0.29, 0.717) is 22.4 Å². The van der Waals surface area contributed by atoms with Gasteiger partial charge in [-0.1, -0.05) is 72.8 Å². The molecule has 0 amide bonds. The van der Waals surface area contributed by atoms with Crippen LogP contribution in [0.1, 0.15) is 27.9 Å². The minimum absolute atomic E-state index is 0.0344. The molecule has 3 aromatic carbocycles. The summed E-state index contributed by atoms with van der Waals surface area (Å²) in [6.07, 6.45) is -0.0344. The van der Waals surface area contributed by atoms with Crippen LogP contribution in [0.3, 0.4) is 0 Å². The van der Waals surface area contributed by atoms with Crippen LogP contribution >= 0.6 is 0 Å². The normalized spacial score (nSPS) is 13.0. The molecule has 0 heterocycles. The van der Waals surface area contributed by atoms with Gasteiger partial charge in [0.2, 0.25) is 0 Å². The molecule has 0 spiro atoms. The average Bonchev–Trinajstić information content (AvgIpc) is 2.69. The molecule has 0 bridgehead atoms. The number of methoxy groups -OCH3 is 1.